The van der Waals surface area contributed by atoms with Crippen molar-refractivity contribution in [1.29, 1.82) is 0 Å². The van der Waals surface area contributed by atoms with Crippen LogP contribution in [0.15, 0.2) is 52.8 Å². The van der Waals surface area contributed by atoms with Crippen LogP contribution in [0.1, 0.15) is 29.0 Å². The van der Waals surface area contributed by atoms with Crippen LogP contribution in [0.4, 0.5) is 5.69 Å². The molecule has 2 N–H and O–H groups in total. The largest absolute Gasteiger partial charge is 0.550 e. The van der Waals surface area contributed by atoms with Crippen molar-refractivity contribution in [3.8, 4) is 0 Å². The highest BCUT2D eigenvalue weighted by Gasteiger charge is 2.16. The molecule has 0 radical (unpaired) electrons. The average Bonchev–Trinajstić information content (AvgIpc) is 3.19. The number of aliphatic carboxylic acids is 1. The molecular formula is C18H16N3O7-. The number of nitro groups is 1. The van der Waals surface area contributed by atoms with Crippen molar-refractivity contribution in [2.45, 2.75) is 12.8 Å². The first-order chi connectivity index (χ1) is 13.4. The minimum atomic E-state index is -1.23. The van der Waals surface area contributed by atoms with Crippen molar-refractivity contribution in [3.05, 3.63) is 69.8 Å². The number of nitrogens with zero attached hydrogens (tertiary/aromatic N) is 1. The average molecular weight is 386 g/mol. The lowest BCUT2D eigenvalue weighted by Gasteiger charge is -2.10. The molecule has 2 amide bonds. The van der Waals surface area contributed by atoms with Gasteiger partial charge < -0.3 is 25.0 Å². The van der Waals surface area contributed by atoms with Crippen LogP contribution in [0.2, 0.25) is 0 Å². The fourth-order valence-corrected chi connectivity index (χ4v) is 2.14. The second-order valence-corrected chi connectivity index (χ2v) is 5.57. The fourth-order valence-electron chi connectivity index (χ4n) is 2.14. The molecule has 0 saturated carbocycles. The maximum Gasteiger partial charge on any atom is 0.291 e. The Balaban J connectivity index is 2.16. The van der Waals surface area contributed by atoms with Gasteiger partial charge in [0.1, 0.15) is 5.70 Å². The van der Waals surface area contributed by atoms with Crippen LogP contribution < -0.4 is 15.7 Å². The number of rotatable bonds is 9. The first kappa shape index (κ1) is 20.4. The Labute approximate surface area is 159 Å². The van der Waals surface area contributed by atoms with Gasteiger partial charge in [0.05, 0.1) is 11.2 Å². The zero-order chi connectivity index (χ0) is 20.5. The molecule has 0 bridgehead atoms. The van der Waals surface area contributed by atoms with Crippen LogP contribution in [0, 0.1) is 10.1 Å². The molecule has 1 heterocycles. The number of nitro benzene ring substituents is 1. The Bertz CT molecular complexity index is 886. The summed E-state index contributed by atoms with van der Waals surface area (Å²) in [5, 5.41) is 26.0. The molecule has 0 fully saturated rings. The van der Waals surface area contributed by atoms with E-state index in [2.05, 4.69) is 10.6 Å². The minimum Gasteiger partial charge on any atom is -0.550 e. The summed E-state index contributed by atoms with van der Waals surface area (Å²) in [4.78, 5) is 45.1. The smallest absolute Gasteiger partial charge is 0.291 e. The SMILES string of the molecule is O=C([O-])CCCNC(=O)/C(=C\c1ccc([N+](=O)[O-])cc1)NC(=O)c1ccco1. The van der Waals surface area contributed by atoms with Crippen LogP contribution >= 0.6 is 0 Å². The van der Waals surface area contributed by atoms with E-state index in [1.807, 2.05) is 0 Å². The summed E-state index contributed by atoms with van der Waals surface area (Å²) in [6.45, 7) is 0.0566. The van der Waals surface area contributed by atoms with Crippen molar-refractivity contribution < 1.29 is 28.8 Å². The summed E-state index contributed by atoms with van der Waals surface area (Å²) in [6, 6.07) is 8.28. The van der Waals surface area contributed by atoms with Crippen molar-refractivity contribution in [1.82, 2.24) is 10.6 Å². The number of amides is 2. The number of carbonyl (C=O) groups excluding carboxylic acids is 3. The molecule has 0 unspecified atom stereocenters. The van der Waals surface area contributed by atoms with Gasteiger partial charge in [0.15, 0.2) is 5.76 Å². The van der Waals surface area contributed by atoms with Gasteiger partial charge >= 0.3 is 0 Å². The fraction of sp³-hybridized carbons (Fsp3) is 0.167. The van der Waals surface area contributed by atoms with E-state index in [0.717, 1.165) is 0 Å². The zero-order valence-corrected chi connectivity index (χ0v) is 14.5. The highest BCUT2D eigenvalue weighted by molar-refractivity contribution is 6.04. The number of carbonyl (C=O) groups is 3. The second kappa shape index (κ2) is 9.67. The van der Waals surface area contributed by atoms with Crippen LogP contribution in [0.3, 0.4) is 0 Å². The maximum absolute atomic E-state index is 12.4. The van der Waals surface area contributed by atoms with Gasteiger partial charge in [-0.15, -0.1) is 0 Å². The third-order valence-corrected chi connectivity index (χ3v) is 3.50. The van der Waals surface area contributed by atoms with E-state index in [9.17, 15) is 29.6 Å². The number of furan rings is 1. The Kier molecular flexibility index (Phi) is 7.03. The number of carboxylic acids is 1. The Hall–Kier alpha value is -3.95. The van der Waals surface area contributed by atoms with E-state index in [-0.39, 0.29) is 36.5 Å². The second-order valence-electron chi connectivity index (χ2n) is 5.57. The summed E-state index contributed by atoms with van der Waals surface area (Å²) in [5.41, 5.74) is 0.180. The number of carboxylic acid groups (broad SMARTS) is 1. The Morgan fingerprint density at radius 1 is 1.14 bits per heavy atom. The van der Waals surface area contributed by atoms with Crippen molar-refractivity contribution in [2.24, 2.45) is 0 Å². The lowest BCUT2D eigenvalue weighted by atomic mass is 10.1. The van der Waals surface area contributed by atoms with E-state index in [1.165, 1.54) is 48.7 Å². The molecule has 10 nitrogen and oxygen atoms in total. The lowest BCUT2D eigenvalue weighted by Crippen LogP contribution is -2.35. The van der Waals surface area contributed by atoms with Crippen LogP contribution in [-0.2, 0) is 9.59 Å². The zero-order valence-electron chi connectivity index (χ0n) is 14.5. The summed E-state index contributed by atoms with van der Waals surface area (Å²) >= 11 is 0. The predicted octanol–water partition coefficient (Wildman–Crippen LogP) is 0.605. The van der Waals surface area contributed by atoms with Crippen molar-refractivity contribution in [3.63, 3.8) is 0 Å². The molecule has 0 aliphatic rings. The number of non-ortho nitro benzene ring substituents is 1. The number of nitrogens with one attached hydrogen (secondary N) is 2. The molecule has 1 aromatic heterocycles. The summed E-state index contributed by atoms with van der Waals surface area (Å²) in [7, 11) is 0. The van der Waals surface area contributed by atoms with Crippen LogP contribution in [0.5, 0.6) is 0 Å². The van der Waals surface area contributed by atoms with Gasteiger partial charge in [-0.05, 0) is 48.7 Å². The van der Waals surface area contributed by atoms with Gasteiger partial charge in [0.25, 0.3) is 17.5 Å². The molecule has 0 saturated heterocycles. The van der Waals surface area contributed by atoms with Gasteiger partial charge in [-0.2, -0.15) is 0 Å². The maximum atomic E-state index is 12.4. The topological polar surface area (TPSA) is 155 Å². The number of benzene rings is 1. The van der Waals surface area contributed by atoms with Gasteiger partial charge in [0.2, 0.25) is 0 Å². The quantitative estimate of drug-likeness (QED) is 0.277. The Morgan fingerprint density at radius 2 is 1.86 bits per heavy atom. The standard InChI is InChI=1S/C18H17N3O7/c22-16(23)4-1-9-19-17(24)14(20-18(25)15-3-2-10-28-15)11-12-5-7-13(8-6-12)21(26)27/h2-3,5-8,10-11H,1,4,9H2,(H,19,24)(H,20,25)(H,22,23)/p-1/b14-11+. The van der Waals surface area contributed by atoms with E-state index < -0.39 is 22.7 Å². The molecule has 2 aromatic rings. The molecule has 2 rings (SSSR count). The molecule has 146 valence electrons. The van der Waals surface area contributed by atoms with E-state index in [4.69, 9.17) is 4.42 Å². The molecule has 0 aliphatic carbocycles. The number of hydrogen-bond acceptors (Lipinski definition) is 7. The van der Waals surface area contributed by atoms with E-state index in [0.29, 0.717) is 5.56 Å². The summed E-state index contributed by atoms with van der Waals surface area (Å²) in [5.74, 6) is -2.57. The van der Waals surface area contributed by atoms with Gasteiger partial charge in [-0.1, -0.05) is 0 Å². The summed E-state index contributed by atoms with van der Waals surface area (Å²) in [6.07, 6.45) is 2.57. The van der Waals surface area contributed by atoms with Crippen molar-refractivity contribution in [2.75, 3.05) is 6.54 Å². The predicted molar refractivity (Wildman–Crippen MR) is 94.5 cm³/mol. The van der Waals surface area contributed by atoms with E-state index >= 15 is 0 Å². The number of hydrogen-bond donors (Lipinski definition) is 2. The third-order valence-electron chi connectivity index (χ3n) is 3.50. The molecule has 1 aromatic carbocycles. The van der Waals surface area contributed by atoms with E-state index in [1.54, 1.807) is 0 Å². The van der Waals surface area contributed by atoms with Gasteiger partial charge in [-0.25, -0.2) is 0 Å². The molecular weight excluding hydrogens is 370 g/mol. The molecule has 0 aliphatic heterocycles. The van der Waals surface area contributed by atoms with Crippen molar-refractivity contribution >= 4 is 29.5 Å². The highest BCUT2D eigenvalue weighted by atomic mass is 16.6. The van der Waals surface area contributed by atoms with Crippen LogP contribution in [0.25, 0.3) is 6.08 Å². The van der Waals surface area contributed by atoms with Crippen LogP contribution in [-0.4, -0.2) is 29.3 Å². The first-order valence-electron chi connectivity index (χ1n) is 8.16. The molecule has 0 spiro atoms. The minimum absolute atomic E-state index is 0.0145. The summed E-state index contributed by atoms with van der Waals surface area (Å²) < 4.78 is 4.97. The molecule has 28 heavy (non-hydrogen) atoms. The monoisotopic (exact) mass is 386 g/mol. The van der Waals surface area contributed by atoms with Gasteiger partial charge in [-0.3, -0.25) is 19.7 Å². The lowest BCUT2D eigenvalue weighted by molar-refractivity contribution is -0.384. The Morgan fingerprint density at radius 3 is 2.43 bits per heavy atom. The third kappa shape index (κ3) is 6.09. The normalized spacial score (nSPS) is 10.9. The molecule has 10 heteroatoms. The first-order valence-corrected chi connectivity index (χ1v) is 8.16. The molecule has 0 atom stereocenters. The van der Waals surface area contributed by atoms with Gasteiger partial charge in [0, 0.05) is 24.6 Å². The highest BCUT2D eigenvalue weighted by Crippen LogP contribution is 2.14.